The van der Waals surface area contributed by atoms with Crippen LogP contribution >= 0.6 is 11.8 Å². The van der Waals surface area contributed by atoms with Gasteiger partial charge >= 0.3 is 6.18 Å². The zero-order valence-corrected chi connectivity index (χ0v) is 16.1. The molecule has 3 rings (SSSR count). The van der Waals surface area contributed by atoms with Gasteiger partial charge in [-0.2, -0.15) is 13.2 Å². The number of halogens is 3. The van der Waals surface area contributed by atoms with E-state index in [1.54, 1.807) is 17.8 Å². The van der Waals surface area contributed by atoms with Crippen molar-refractivity contribution < 1.29 is 17.9 Å². The van der Waals surface area contributed by atoms with Gasteiger partial charge in [0.15, 0.2) is 6.61 Å². The van der Waals surface area contributed by atoms with Gasteiger partial charge in [0.2, 0.25) is 0 Å². The summed E-state index contributed by atoms with van der Waals surface area (Å²) in [7, 11) is 0. The zero-order valence-electron chi connectivity index (χ0n) is 15.3. The number of alkyl halides is 3. The highest BCUT2D eigenvalue weighted by Gasteiger charge is 2.30. The van der Waals surface area contributed by atoms with Crippen LogP contribution in [-0.2, 0) is 0 Å². The maximum absolute atomic E-state index is 12.3. The van der Waals surface area contributed by atoms with E-state index in [2.05, 4.69) is 47.3 Å². The number of nitrogens with zero attached hydrogens (tertiary/aromatic N) is 2. The highest BCUT2D eigenvalue weighted by molar-refractivity contribution is 8.03. The van der Waals surface area contributed by atoms with Crippen molar-refractivity contribution in [2.45, 2.75) is 38.4 Å². The van der Waals surface area contributed by atoms with Crippen LogP contribution in [-0.4, -0.2) is 28.0 Å². The van der Waals surface area contributed by atoms with Gasteiger partial charge in [-0.3, -0.25) is 4.98 Å². The van der Waals surface area contributed by atoms with Crippen molar-refractivity contribution in [3.8, 4) is 5.75 Å². The molecule has 0 aliphatic carbocycles. The van der Waals surface area contributed by atoms with E-state index in [1.807, 2.05) is 13.0 Å². The molecule has 7 heteroatoms. The van der Waals surface area contributed by atoms with E-state index in [4.69, 9.17) is 4.74 Å². The van der Waals surface area contributed by atoms with Gasteiger partial charge in [-0.25, -0.2) is 0 Å². The first-order valence-corrected chi connectivity index (χ1v) is 9.55. The van der Waals surface area contributed by atoms with E-state index >= 15 is 0 Å². The first-order valence-electron chi connectivity index (χ1n) is 8.61. The maximum Gasteiger partial charge on any atom is 0.422 e. The average Bonchev–Trinajstić information content (AvgIpc) is 3.01. The lowest BCUT2D eigenvalue weighted by Gasteiger charge is -2.33. The van der Waals surface area contributed by atoms with Crippen molar-refractivity contribution in [2.24, 2.45) is 0 Å². The van der Waals surface area contributed by atoms with Gasteiger partial charge in [0.1, 0.15) is 5.75 Å². The van der Waals surface area contributed by atoms with E-state index < -0.39 is 12.8 Å². The summed E-state index contributed by atoms with van der Waals surface area (Å²) < 4.78 is 41.5. The first kappa shape index (κ1) is 19.6. The Morgan fingerprint density at radius 1 is 1.26 bits per heavy atom. The standard InChI is InChI=1S/C20H21F3N2OS/c1-13-5-4-6-16(9-13)19-11-27-15(3)25(19)14(2)18-8-7-17(10-24-18)26-12-20(21,22)23/h4-11,14-15H,12H2,1-3H3/t14?,15-/m1/s1. The third-order valence-electron chi connectivity index (χ3n) is 4.37. The van der Waals surface area contributed by atoms with Crippen LogP contribution < -0.4 is 4.74 Å². The van der Waals surface area contributed by atoms with Crippen LogP contribution in [0.1, 0.15) is 36.7 Å². The van der Waals surface area contributed by atoms with Crippen LogP contribution in [0.5, 0.6) is 5.75 Å². The summed E-state index contributed by atoms with van der Waals surface area (Å²) in [6, 6.07) is 11.6. The predicted molar refractivity (Wildman–Crippen MR) is 102 cm³/mol. The zero-order chi connectivity index (χ0) is 19.6. The Kier molecular flexibility index (Phi) is 5.69. The number of pyridine rings is 1. The lowest BCUT2D eigenvalue weighted by Crippen LogP contribution is -2.29. The number of aromatic nitrogens is 1. The van der Waals surface area contributed by atoms with Crippen LogP contribution in [0.2, 0.25) is 0 Å². The van der Waals surface area contributed by atoms with Crippen molar-refractivity contribution in [1.82, 2.24) is 9.88 Å². The molecule has 0 amide bonds. The van der Waals surface area contributed by atoms with Crippen molar-refractivity contribution in [3.05, 3.63) is 64.8 Å². The molecule has 144 valence electrons. The molecule has 0 radical (unpaired) electrons. The molecule has 27 heavy (non-hydrogen) atoms. The second-order valence-electron chi connectivity index (χ2n) is 6.51. The quantitative estimate of drug-likeness (QED) is 0.641. The normalized spacial score (nSPS) is 18.4. The molecule has 1 aliphatic rings. The van der Waals surface area contributed by atoms with Gasteiger partial charge in [0.25, 0.3) is 0 Å². The summed E-state index contributed by atoms with van der Waals surface area (Å²) in [6.07, 6.45) is -3.01. The van der Waals surface area contributed by atoms with Crippen LogP contribution in [0.25, 0.3) is 5.70 Å². The number of aryl methyl sites for hydroxylation is 1. The summed E-state index contributed by atoms with van der Waals surface area (Å²) in [5, 5.41) is 2.38. The molecule has 0 saturated heterocycles. The topological polar surface area (TPSA) is 25.4 Å². The highest BCUT2D eigenvalue weighted by atomic mass is 32.2. The summed E-state index contributed by atoms with van der Waals surface area (Å²) >= 11 is 1.74. The Morgan fingerprint density at radius 3 is 2.67 bits per heavy atom. The molecule has 1 aromatic carbocycles. The molecule has 0 spiro atoms. The molecule has 0 N–H and O–H groups in total. The molecule has 1 aromatic heterocycles. The molecule has 1 unspecified atom stereocenters. The van der Waals surface area contributed by atoms with Gasteiger partial charge < -0.3 is 9.64 Å². The van der Waals surface area contributed by atoms with E-state index in [0.717, 1.165) is 17.0 Å². The molecule has 0 fully saturated rings. The second kappa shape index (κ2) is 7.84. The summed E-state index contributed by atoms with van der Waals surface area (Å²) in [6.45, 7) is 4.92. The number of rotatable bonds is 5. The minimum absolute atomic E-state index is 0.0292. The molecular formula is C20H21F3N2OS. The SMILES string of the molecule is Cc1cccc(C2=CS[C@H](C)N2C(C)c2ccc(OCC(F)(F)F)cn2)c1. The van der Waals surface area contributed by atoms with Crippen LogP contribution in [0.15, 0.2) is 48.0 Å². The smallest absolute Gasteiger partial charge is 0.422 e. The summed E-state index contributed by atoms with van der Waals surface area (Å²) in [5.74, 6) is 0.113. The van der Waals surface area contributed by atoms with Gasteiger partial charge in [-0.05, 0) is 49.9 Å². The molecule has 3 nitrogen and oxygen atoms in total. The number of hydrogen-bond donors (Lipinski definition) is 0. The van der Waals surface area contributed by atoms with Gasteiger partial charge in [-0.15, -0.1) is 11.8 Å². The first-order chi connectivity index (χ1) is 12.7. The van der Waals surface area contributed by atoms with E-state index in [0.29, 0.717) is 0 Å². The van der Waals surface area contributed by atoms with Crippen LogP contribution in [0, 0.1) is 6.92 Å². The van der Waals surface area contributed by atoms with Crippen LogP contribution in [0.4, 0.5) is 13.2 Å². The third kappa shape index (κ3) is 4.77. The van der Waals surface area contributed by atoms with Crippen molar-refractivity contribution in [1.29, 1.82) is 0 Å². The minimum Gasteiger partial charge on any atom is -0.483 e. The van der Waals surface area contributed by atoms with Gasteiger partial charge in [-0.1, -0.05) is 23.8 Å². The Bertz CT molecular complexity index is 821. The largest absolute Gasteiger partial charge is 0.483 e. The highest BCUT2D eigenvalue weighted by Crippen LogP contribution is 2.42. The van der Waals surface area contributed by atoms with Gasteiger partial charge in [0.05, 0.1) is 29.0 Å². The lowest BCUT2D eigenvalue weighted by molar-refractivity contribution is -0.153. The third-order valence-corrected chi connectivity index (χ3v) is 5.35. The second-order valence-corrected chi connectivity index (χ2v) is 7.70. The molecular weight excluding hydrogens is 373 g/mol. The van der Waals surface area contributed by atoms with Crippen molar-refractivity contribution >= 4 is 17.5 Å². The Labute approximate surface area is 161 Å². The lowest BCUT2D eigenvalue weighted by atomic mass is 10.1. The fourth-order valence-corrected chi connectivity index (χ4v) is 4.07. The fourth-order valence-electron chi connectivity index (χ4n) is 3.06. The Morgan fingerprint density at radius 2 is 2.04 bits per heavy atom. The minimum atomic E-state index is -4.36. The molecule has 0 bridgehead atoms. The average molecular weight is 394 g/mol. The molecule has 2 atom stereocenters. The van der Waals surface area contributed by atoms with E-state index in [-0.39, 0.29) is 17.2 Å². The molecule has 2 heterocycles. The fraction of sp³-hybridized carbons (Fsp3) is 0.350. The number of hydrogen-bond acceptors (Lipinski definition) is 4. The van der Waals surface area contributed by atoms with Crippen LogP contribution in [0.3, 0.4) is 0 Å². The predicted octanol–water partition coefficient (Wildman–Crippen LogP) is 5.79. The molecule has 1 aliphatic heterocycles. The Hall–Kier alpha value is -2.15. The summed E-state index contributed by atoms with van der Waals surface area (Å²) in [5.41, 5.74) is 4.24. The Balaban J connectivity index is 1.77. The maximum atomic E-state index is 12.3. The van der Waals surface area contributed by atoms with Crippen molar-refractivity contribution in [2.75, 3.05) is 6.61 Å². The summed E-state index contributed by atoms with van der Waals surface area (Å²) in [4.78, 5) is 6.61. The van der Waals surface area contributed by atoms with E-state index in [1.165, 1.54) is 17.8 Å². The monoisotopic (exact) mass is 394 g/mol. The number of benzene rings is 1. The molecule has 0 saturated carbocycles. The van der Waals surface area contributed by atoms with E-state index in [9.17, 15) is 13.2 Å². The number of ether oxygens (including phenoxy) is 1. The number of thioether (sulfide) groups is 1. The van der Waals surface area contributed by atoms with Gasteiger partial charge in [0, 0.05) is 0 Å². The molecule has 2 aromatic rings. The van der Waals surface area contributed by atoms with Crippen molar-refractivity contribution in [3.63, 3.8) is 0 Å².